The minimum atomic E-state index is -0.329. The highest BCUT2D eigenvalue weighted by atomic mass is 35.5. The van der Waals surface area contributed by atoms with Gasteiger partial charge in [0, 0.05) is 21.7 Å². The molecule has 6 heteroatoms. The number of halogens is 2. The van der Waals surface area contributed by atoms with Crippen molar-refractivity contribution in [3.63, 3.8) is 0 Å². The highest BCUT2D eigenvalue weighted by Crippen LogP contribution is 2.28. The first-order valence-corrected chi connectivity index (χ1v) is 8.73. The standard InChI is InChI=1S/C19H14Cl2N2O2/c20-10-4-6-15(16(21)8-10)19(25)22-11-5-7-13-12-2-1-3-14(12)18(24)23-17(13)9-11/h4-9H,1-3H2,(H,22,25)(H,23,24). The maximum absolute atomic E-state index is 12.4. The molecule has 0 saturated heterocycles. The van der Waals surface area contributed by atoms with Crippen LogP contribution in [0, 0.1) is 0 Å². The van der Waals surface area contributed by atoms with E-state index in [-0.39, 0.29) is 16.5 Å². The van der Waals surface area contributed by atoms with E-state index < -0.39 is 0 Å². The van der Waals surface area contributed by atoms with Crippen molar-refractivity contribution in [2.45, 2.75) is 19.3 Å². The van der Waals surface area contributed by atoms with E-state index >= 15 is 0 Å². The lowest BCUT2D eigenvalue weighted by Crippen LogP contribution is -2.14. The summed E-state index contributed by atoms with van der Waals surface area (Å²) in [6.45, 7) is 0. The Kier molecular flexibility index (Phi) is 4.02. The average molecular weight is 373 g/mol. The summed E-state index contributed by atoms with van der Waals surface area (Å²) in [6, 6.07) is 10.3. The van der Waals surface area contributed by atoms with Crippen LogP contribution in [0.5, 0.6) is 0 Å². The SMILES string of the molecule is O=C(Nc1ccc2c3c(c(=O)[nH]c2c1)CCC3)c1ccc(Cl)cc1Cl. The molecule has 0 bridgehead atoms. The maximum atomic E-state index is 12.4. The van der Waals surface area contributed by atoms with Crippen molar-refractivity contribution in [1.29, 1.82) is 0 Å². The minimum absolute atomic E-state index is 0.0378. The molecular weight excluding hydrogens is 359 g/mol. The van der Waals surface area contributed by atoms with Gasteiger partial charge in [0.15, 0.2) is 0 Å². The number of fused-ring (bicyclic) bond motifs is 3. The molecular formula is C19H14Cl2N2O2. The quantitative estimate of drug-likeness (QED) is 0.691. The van der Waals surface area contributed by atoms with Crippen LogP contribution in [-0.4, -0.2) is 10.9 Å². The van der Waals surface area contributed by atoms with Crippen molar-refractivity contribution < 1.29 is 4.79 Å². The fourth-order valence-corrected chi connectivity index (χ4v) is 3.84. The number of carbonyl (C=O) groups is 1. The van der Waals surface area contributed by atoms with Crippen molar-refractivity contribution in [3.8, 4) is 0 Å². The molecule has 4 nitrogen and oxygen atoms in total. The first kappa shape index (κ1) is 16.2. The zero-order valence-corrected chi connectivity index (χ0v) is 14.7. The first-order valence-electron chi connectivity index (χ1n) is 7.97. The molecule has 0 aliphatic heterocycles. The number of aromatic nitrogens is 1. The normalized spacial score (nSPS) is 13.0. The molecule has 1 heterocycles. The lowest BCUT2D eigenvalue weighted by atomic mass is 10.1. The van der Waals surface area contributed by atoms with Gasteiger partial charge in [0.25, 0.3) is 11.5 Å². The van der Waals surface area contributed by atoms with Gasteiger partial charge in [-0.1, -0.05) is 29.3 Å². The predicted octanol–water partition coefficient (Wildman–Crippen LogP) is 4.58. The highest BCUT2D eigenvalue weighted by molar-refractivity contribution is 6.37. The number of amides is 1. The van der Waals surface area contributed by atoms with Crippen LogP contribution < -0.4 is 10.9 Å². The number of nitrogens with one attached hydrogen (secondary N) is 2. The lowest BCUT2D eigenvalue weighted by molar-refractivity contribution is 0.102. The Morgan fingerprint density at radius 3 is 2.64 bits per heavy atom. The molecule has 1 aliphatic carbocycles. The van der Waals surface area contributed by atoms with Crippen LogP contribution in [0.2, 0.25) is 10.0 Å². The number of H-pyrrole nitrogens is 1. The second kappa shape index (κ2) is 6.21. The highest BCUT2D eigenvalue weighted by Gasteiger charge is 2.18. The Bertz CT molecular complexity index is 1070. The maximum Gasteiger partial charge on any atom is 0.257 e. The van der Waals surface area contributed by atoms with Gasteiger partial charge in [-0.3, -0.25) is 9.59 Å². The Hall–Kier alpha value is -2.30. The van der Waals surface area contributed by atoms with Gasteiger partial charge < -0.3 is 10.3 Å². The number of anilines is 1. The molecule has 3 aromatic rings. The molecule has 0 radical (unpaired) electrons. The van der Waals surface area contributed by atoms with Crippen LogP contribution in [0.4, 0.5) is 5.69 Å². The molecule has 2 aromatic carbocycles. The zero-order chi connectivity index (χ0) is 17.6. The Morgan fingerprint density at radius 1 is 1.04 bits per heavy atom. The summed E-state index contributed by atoms with van der Waals surface area (Å²) < 4.78 is 0. The summed E-state index contributed by atoms with van der Waals surface area (Å²) >= 11 is 11.9. The molecule has 126 valence electrons. The fourth-order valence-electron chi connectivity index (χ4n) is 3.35. The van der Waals surface area contributed by atoms with Crippen molar-refractivity contribution in [2.24, 2.45) is 0 Å². The number of pyridine rings is 1. The molecule has 1 aromatic heterocycles. The molecule has 2 N–H and O–H groups in total. The van der Waals surface area contributed by atoms with E-state index in [0.29, 0.717) is 16.3 Å². The number of aryl methyl sites for hydroxylation is 1. The van der Waals surface area contributed by atoms with Gasteiger partial charge in [-0.15, -0.1) is 0 Å². The molecule has 1 amide bonds. The van der Waals surface area contributed by atoms with E-state index in [2.05, 4.69) is 10.3 Å². The lowest BCUT2D eigenvalue weighted by Gasteiger charge is -2.10. The van der Waals surface area contributed by atoms with Crippen molar-refractivity contribution in [2.75, 3.05) is 5.32 Å². The largest absolute Gasteiger partial charge is 0.322 e. The summed E-state index contributed by atoms with van der Waals surface area (Å²) in [4.78, 5) is 27.5. The smallest absolute Gasteiger partial charge is 0.257 e. The van der Waals surface area contributed by atoms with Crippen molar-refractivity contribution in [3.05, 3.63) is 73.5 Å². The first-order chi connectivity index (χ1) is 12.0. The Morgan fingerprint density at radius 2 is 1.84 bits per heavy atom. The van der Waals surface area contributed by atoms with E-state index in [1.165, 1.54) is 6.07 Å². The topological polar surface area (TPSA) is 62.0 Å². The summed E-state index contributed by atoms with van der Waals surface area (Å²) in [5.74, 6) is -0.329. The molecule has 0 fully saturated rings. The third kappa shape index (κ3) is 2.92. The summed E-state index contributed by atoms with van der Waals surface area (Å²) in [7, 11) is 0. The molecule has 4 rings (SSSR count). The van der Waals surface area contributed by atoms with E-state index in [4.69, 9.17) is 23.2 Å². The van der Waals surface area contributed by atoms with Gasteiger partial charge in [0.1, 0.15) is 0 Å². The van der Waals surface area contributed by atoms with Crippen LogP contribution >= 0.6 is 23.2 Å². The van der Waals surface area contributed by atoms with Gasteiger partial charge in [-0.25, -0.2) is 0 Å². The molecule has 0 atom stereocenters. The number of aromatic amines is 1. The van der Waals surface area contributed by atoms with Crippen molar-refractivity contribution >= 4 is 45.7 Å². The number of benzene rings is 2. The van der Waals surface area contributed by atoms with E-state index in [1.54, 1.807) is 18.2 Å². The number of rotatable bonds is 2. The number of hydrogen-bond acceptors (Lipinski definition) is 2. The van der Waals surface area contributed by atoms with E-state index in [9.17, 15) is 9.59 Å². The second-order valence-corrected chi connectivity index (χ2v) is 6.95. The fraction of sp³-hybridized carbons (Fsp3) is 0.158. The van der Waals surface area contributed by atoms with Gasteiger partial charge >= 0.3 is 0 Å². The van der Waals surface area contributed by atoms with Crippen molar-refractivity contribution in [1.82, 2.24) is 4.98 Å². The Labute approximate surface area is 153 Å². The van der Waals surface area contributed by atoms with Gasteiger partial charge in [-0.05, 0) is 55.2 Å². The molecule has 0 unspecified atom stereocenters. The molecule has 1 aliphatic rings. The molecule has 0 saturated carbocycles. The third-order valence-corrected chi connectivity index (χ3v) is 5.07. The predicted molar refractivity (Wildman–Crippen MR) is 101 cm³/mol. The van der Waals surface area contributed by atoms with Gasteiger partial charge in [0.05, 0.1) is 16.1 Å². The summed E-state index contributed by atoms with van der Waals surface area (Å²) in [5.41, 5.74) is 3.63. The van der Waals surface area contributed by atoms with Gasteiger partial charge in [-0.2, -0.15) is 0 Å². The molecule has 25 heavy (non-hydrogen) atoms. The van der Waals surface area contributed by atoms with Crippen LogP contribution in [0.1, 0.15) is 27.9 Å². The van der Waals surface area contributed by atoms with E-state index in [0.717, 1.165) is 41.3 Å². The monoisotopic (exact) mass is 372 g/mol. The zero-order valence-electron chi connectivity index (χ0n) is 13.2. The summed E-state index contributed by atoms with van der Waals surface area (Å²) in [6.07, 6.45) is 2.75. The number of carbonyl (C=O) groups excluding carboxylic acids is 1. The average Bonchev–Trinajstić information content (AvgIpc) is 3.05. The third-order valence-electron chi connectivity index (χ3n) is 4.52. The van der Waals surface area contributed by atoms with Crippen LogP contribution in [0.3, 0.4) is 0 Å². The van der Waals surface area contributed by atoms with Crippen LogP contribution in [0.15, 0.2) is 41.2 Å². The number of hydrogen-bond donors (Lipinski definition) is 2. The van der Waals surface area contributed by atoms with Crippen LogP contribution in [0.25, 0.3) is 10.9 Å². The van der Waals surface area contributed by atoms with Crippen LogP contribution in [-0.2, 0) is 12.8 Å². The molecule has 0 spiro atoms. The Balaban J connectivity index is 1.69. The second-order valence-electron chi connectivity index (χ2n) is 6.10. The van der Waals surface area contributed by atoms with Gasteiger partial charge in [0.2, 0.25) is 0 Å². The minimum Gasteiger partial charge on any atom is -0.322 e. The summed E-state index contributed by atoms with van der Waals surface area (Å²) in [5, 5.41) is 4.61. The van der Waals surface area contributed by atoms with E-state index in [1.807, 2.05) is 12.1 Å².